The Hall–Kier alpha value is -0.580. The van der Waals surface area contributed by atoms with Crippen molar-refractivity contribution in [1.29, 1.82) is 0 Å². The number of thiazole rings is 1. The highest BCUT2D eigenvalue weighted by molar-refractivity contribution is 14.0. The molecule has 1 rings (SSSR count). The van der Waals surface area contributed by atoms with Crippen molar-refractivity contribution < 1.29 is 13.2 Å². The van der Waals surface area contributed by atoms with E-state index < -0.39 is 11.9 Å². The van der Waals surface area contributed by atoms with Crippen molar-refractivity contribution in [1.82, 2.24) is 15.6 Å². The highest BCUT2D eigenvalue weighted by atomic mass is 127. The van der Waals surface area contributed by atoms with Gasteiger partial charge in [-0.2, -0.15) is 13.2 Å². The van der Waals surface area contributed by atoms with E-state index in [4.69, 9.17) is 0 Å². The lowest BCUT2D eigenvalue weighted by Crippen LogP contribution is -2.38. The molecule has 0 fully saturated rings. The van der Waals surface area contributed by atoms with Gasteiger partial charge in [-0.3, -0.25) is 4.99 Å². The first-order chi connectivity index (χ1) is 9.47. The summed E-state index contributed by atoms with van der Waals surface area (Å²) in [6, 6.07) is 0. The van der Waals surface area contributed by atoms with Crippen LogP contribution in [0.2, 0.25) is 0 Å². The van der Waals surface area contributed by atoms with E-state index in [2.05, 4.69) is 20.6 Å². The Balaban J connectivity index is 0.00000400. The number of hydrogen-bond donors (Lipinski definition) is 2. The minimum Gasteiger partial charge on any atom is -0.357 e. The molecule has 0 aliphatic carbocycles. The zero-order valence-corrected chi connectivity index (χ0v) is 15.1. The predicted molar refractivity (Wildman–Crippen MR) is 90.5 cm³/mol. The lowest BCUT2D eigenvalue weighted by molar-refractivity contribution is -0.140. The third kappa shape index (κ3) is 7.84. The van der Waals surface area contributed by atoms with Crippen LogP contribution in [0.15, 0.2) is 10.4 Å². The number of rotatable bonds is 6. The summed E-state index contributed by atoms with van der Waals surface area (Å²) in [6.07, 6.45) is -2.98. The predicted octanol–water partition coefficient (Wildman–Crippen LogP) is 3.29. The Kier molecular flexibility index (Phi) is 9.92. The fourth-order valence-corrected chi connectivity index (χ4v) is 2.21. The second-order valence-electron chi connectivity index (χ2n) is 4.06. The zero-order chi connectivity index (χ0) is 15.0. The number of alkyl halides is 3. The standard InChI is InChI=1S/C12H19F3N4S.HI/c1-3-6-17-11(16-4-2)18-7-5-10-19-9(8-20-10)12(13,14)15;/h8H,3-7H2,1-2H3,(H2,16,17,18);1H. The van der Waals surface area contributed by atoms with Crippen LogP contribution in [0.1, 0.15) is 31.0 Å². The van der Waals surface area contributed by atoms with E-state index in [-0.39, 0.29) is 24.0 Å². The van der Waals surface area contributed by atoms with Crippen molar-refractivity contribution in [2.75, 3.05) is 19.6 Å². The van der Waals surface area contributed by atoms with Crippen LogP contribution in [-0.4, -0.2) is 30.6 Å². The summed E-state index contributed by atoms with van der Waals surface area (Å²) >= 11 is 1.03. The van der Waals surface area contributed by atoms with Crippen molar-refractivity contribution in [3.05, 3.63) is 16.1 Å². The van der Waals surface area contributed by atoms with Gasteiger partial charge in [0, 0.05) is 31.4 Å². The number of nitrogens with zero attached hydrogens (tertiary/aromatic N) is 2. The van der Waals surface area contributed by atoms with Gasteiger partial charge < -0.3 is 10.6 Å². The lowest BCUT2D eigenvalue weighted by atomic mass is 10.4. The van der Waals surface area contributed by atoms with Crippen molar-refractivity contribution in [3.63, 3.8) is 0 Å². The third-order valence-electron chi connectivity index (χ3n) is 2.31. The van der Waals surface area contributed by atoms with Gasteiger partial charge in [-0.05, 0) is 13.3 Å². The van der Waals surface area contributed by atoms with E-state index >= 15 is 0 Å². The second-order valence-corrected chi connectivity index (χ2v) is 5.00. The smallest absolute Gasteiger partial charge is 0.357 e. The second kappa shape index (κ2) is 10.2. The van der Waals surface area contributed by atoms with Gasteiger partial charge in [0.1, 0.15) is 0 Å². The molecule has 0 bridgehead atoms. The molecule has 4 nitrogen and oxygen atoms in total. The van der Waals surface area contributed by atoms with Gasteiger partial charge in [0.25, 0.3) is 0 Å². The SMILES string of the molecule is CCCN=C(NCC)NCCc1nc(C(F)(F)F)cs1.I. The molecule has 0 unspecified atom stereocenters. The summed E-state index contributed by atoms with van der Waals surface area (Å²) in [5.74, 6) is 0.682. The molecule has 1 aromatic heterocycles. The quantitative estimate of drug-likeness (QED) is 0.409. The van der Waals surface area contributed by atoms with E-state index in [1.54, 1.807) is 0 Å². The maximum absolute atomic E-state index is 12.4. The van der Waals surface area contributed by atoms with Crippen molar-refractivity contribution in [2.45, 2.75) is 32.9 Å². The number of guanidine groups is 1. The van der Waals surface area contributed by atoms with Gasteiger partial charge in [-0.25, -0.2) is 4.98 Å². The Labute approximate surface area is 143 Å². The van der Waals surface area contributed by atoms with E-state index in [0.29, 0.717) is 30.5 Å². The monoisotopic (exact) mass is 436 g/mol. The van der Waals surface area contributed by atoms with Gasteiger partial charge >= 0.3 is 6.18 Å². The highest BCUT2D eigenvalue weighted by Gasteiger charge is 2.33. The summed E-state index contributed by atoms with van der Waals surface area (Å²) in [4.78, 5) is 7.88. The van der Waals surface area contributed by atoms with Crippen LogP contribution >= 0.6 is 35.3 Å². The molecule has 1 heterocycles. The molecule has 1 aromatic rings. The molecule has 0 amide bonds. The topological polar surface area (TPSA) is 49.3 Å². The van der Waals surface area contributed by atoms with Crippen molar-refractivity contribution in [2.24, 2.45) is 4.99 Å². The van der Waals surface area contributed by atoms with Crippen LogP contribution < -0.4 is 10.6 Å². The Morgan fingerprint density at radius 1 is 1.33 bits per heavy atom. The molecule has 9 heteroatoms. The molecule has 21 heavy (non-hydrogen) atoms. The van der Waals surface area contributed by atoms with Gasteiger partial charge in [0.15, 0.2) is 11.7 Å². The largest absolute Gasteiger partial charge is 0.434 e. The van der Waals surface area contributed by atoms with Crippen LogP contribution in [0.4, 0.5) is 13.2 Å². The summed E-state index contributed by atoms with van der Waals surface area (Å²) in [7, 11) is 0. The normalized spacial score (nSPS) is 12.0. The Morgan fingerprint density at radius 2 is 2.05 bits per heavy atom. The first kappa shape index (κ1) is 20.4. The molecular formula is C12H20F3IN4S. The summed E-state index contributed by atoms with van der Waals surface area (Å²) in [6.45, 7) is 5.94. The van der Waals surface area contributed by atoms with E-state index in [1.807, 2.05) is 13.8 Å². The molecule has 0 aliphatic rings. The first-order valence-corrected chi connectivity index (χ1v) is 7.39. The fraction of sp³-hybridized carbons (Fsp3) is 0.667. The number of nitrogens with one attached hydrogen (secondary N) is 2. The number of hydrogen-bond acceptors (Lipinski definition) is 3. The molecule has 0 aliphatic heterocycles. The maximum Gasteiger partial charge on any atom is 0.434 e. The molecule has 0 saturated carbocycles. The fourth-order valence-electron chi connectivity index (χ4n) is 1.41. The number of aliphatic imine (C=N–C) groups is 1. The summed E-state index contributed by atoms with van der Waals surface area (Å²) in [5, 5.41) is 7.67. The van der Waals surface area contributed by atoms with Crippen LogP contribution in [0.5, 0.6) is 0 Å². The molecule has 122 valence electrons. The molecule has 0 spiro atoms. The summed E-state index contributed by atoms with van der Waals surface area (Å²) < 4.78 is 37.2. The number of aromatic nitrogens is 1. The minimum atomic E-state index is -4.36. The summed E-state index contributed by atoms with van der Waals surface area (Å²) in [5.41, 5.74) is -0.816. The molecule has 0 saturated heterocycles. The van der Waals surface area contributed by atoms with Crippen molar-refractivity contribution >= 4 is 41.3 Å². The van der Waals surface area contributed by atoms with E-state index in [9.17, 15) is 13.2 Å². The molecular weight excluding hydrogens is 416 g/mol. The lowest BCUT2D eigenvalue weighted by Gasteiger charge is -2.10. The zero-order valence-electron chi connectivity index (χ0n) is 12.0. The average Bonchev–Trinajstić information content (AvgIpc) is 2.84. The van der Waals surface area contributed by atoms with E-state index in [0.717, 1.165) is 29.7 Å². The Morgan fingerprint density at radius 3 is 2.57 bits per heavy atom. The Bertz CT molecular complexity index is 434. The third-order valence-corrected chi connectivity index (χ3v) is 3.22. The number of halogens is 4. The van der Waals surface area contributed by atoms with Crippen LogP contribution in [0.25, 0.3) is 0 Å². The van der Waals surface area contributed by atoms with Gasteiger partial charge in [0.2, 0.25) is 0 Å². The highest BCUT2D eigenvalue weighted by Crippen LogP contribution is 2.29. The molecule has 0 atom stereocenters. The van der Waals surface area contributed by atoms with E-state index in [1.165, 1.54) is 0 Å². The first-order valence-electron chi connectivity index (χ1n) is 6.51. The minimum absolute atomic E-state index is 0. The van der Waals surface area contributed by atoms with Crippen LogP contribution in [0.3, 0.4) is 0 Å². The molecule has 0 aromatic carbocycles. The van der Waals surface area contributed by atoms with Crippen molar-refractivity contribution in [3.8, 4) is 0 Å². The van der Waals surface area contributed by atoms with Crippen LogP contribution in [0, 0.1) is 0 Å². The van der Waals surface area contributed by atoms with Gasteiger partial charge in [-0.15, -0.1) is 35.3 Å². The molecule has 0 radical (unpaired) electrons. The van der Waals surface area contributed by atoms with Gasteiger partial charge in [-0.1, -0.05) is 6.92 Å². The maximum atomic E-state index is 12.4. The van der Waals surface area contributed by atoms with Gasteiger partial charge in [0.05, 0.1) is 5.01 Å². The molecule has 2 N–H and O–H groups in total. The average molecular weight is 436 g/mol. The van der Waals surface area contributed by atoms with Crippen LogP contribution in [-0.2, 0) is 12.6 Å².